The monoisotopic (exact) mass is 419 g/mol. The van der Waals surface area contributed by atoms with Crippen molar-refractivity contribution in [2.75, 3.05) is 23.4 Å². The molecule has 0 saturated carbocycles. The average molecular weight is 420 g/mol. The highest BCUT2D eigenvalue weighted by atomic mass is 16.2. The summed E-state index contributed by atoms with van der Waals surface area (Å²) in [5.41, 5.74) is 2.46. The van der Waals surface area contributed by atoms with Crippen LogP contribution in [0.5, 0.6) is 0 Å². The minimum absolute atomic E-state index is 0.0152. The smallest absolute Gasteiger partial charge is 0.257 e. The molecule has 0 N–H and O–H groups in total. The number of carbonyl (C=O) groups is 3. The quantitative estimate of drug-likeness (QED) is 0.731. The van der Waals surface area contributed by atoms with Crippen molar-refractivity contribution in [2.24, 2.45) is 0 Å². The van der Waals surface area contributed by atoms with Gasteiger partial charge in [-0.1, -0.05) is 38.1 Å². The van der Waals surface area contributed by atoms with Crippen LogP contribution in [0, 0.1) is 0 Å². The van der Waals surface area contributed by atoms with Crippen molar-refractivity contribution in [1.29, 1.82) is 0 Å². The Kier molecular flexibility index (Phi) is 5.33. The van der Waals surface area contributed by atoms with Crippen molar-refractivity contribution in [3.05, 3.63) is 59.7 Å². The standard InChI is InChI=1S/C25H29N3O3/c1-17(2)18-8-7-9-19(16-18)26(4)22(29)13-15-27-24(31)20-10-5-6-11-21(20)28-23(30)12-14-25(27,28)3/h5-11,16-17H,12-15H2,1-4H3. The van der Waals surface area contributed by atoms with Crippen LogP contribution in [0.3, 0.4) is 0 Å². The minimum Gasteiger partial charge on any atom is -0.315 e. The number of hydrogen-bond acceptors (Lipinski definition) is 3. The first kappa shape index (κ1) is 21.1. The van der Waals surface area contributed by atoms with Gasteiger partial charge in [0.05, 0.1) is 11.3 Å². The fraction of sp³-hybridized carbons (Fsp3) is 0.400. The Balaban J connectivity index is 1.55. The molecule has 0 radical (unpaired) electrons. The summed E-state index contributed by atoms with van der Waals surface area (Å²) in [6.07, 6.45) is 1.14. The second-order valence-corrected chi connectivity index (χ2v) is 8.87. The first-order valence-electron chi connectivity index (χ1n) is 10.8. The molecule has 0 aliphatic carbocycles. The van der Waals surface area contributed by atoms with Crippen molar-refractivity contribution in [3.63, 3.8) is 0 Å². The van der Waals surface area contributed by atoms with E-state index in [1.165, 1.54) is 5.56 Å². The average Bonchev–Trinajstić information content (AvgIpc) is 3.08. The summed E-state index contributed by atoms with van der Waals surface area (Å²) in [5.74, 6) is 0.204. The molecule has 2 aromatic carbocycles. The number of fused-ring (bicyclic) bond motifs is 3. The molecule has 0 bridgehead atoms. The molecular formula is C25H29N3O3. The van der Waals surface area contributed by atoms with Crippen molar-refractivity contribution in [3.8, 4) is 0 Å². The van der Waals surface area contributed by atoms with Gasteiger partial charge < -0.3 is 9.80 Å². The van der Waals surface area contributed by atoms with E-state index in [0.717, 1.165) is 5.69 Å². The number of nitrogens with zero attached hydrogens (tertiary/aromatic N) is 3. The maximum Gasteiger partial charge on any atom is 0.257 e. The van der Waals surface area contributed by atoms with Gasteiger partial charge >= 0.3 is 0 Å². The Labute approximate surface area is 183 Å². The van der Waals surface area contributed by atoms with Gasteiger partial charge in [0.2, 0.25) is 11.8 Å². The topological polar surface area (TPSA) is 60.9 Å². The van der Waals surface area contributed by atoms with Gasteiger partial charge in [0.25, 0.3) is 5.91 Å². The lowest BCUT2D eigenvalue weighted by atomic mass is 9.98. The lowest BCUT2D eigenvalue weighted by Crippen LogP contribution is -2.62. The zero-order valence-electron chi connectivity index (χ0n) is 18.6. The summed E-state index contributed by atoms with van der Waals surface area (Å²) >= 11 is 0. The molecule has 3 amide bonds. The van der Waals surface area contributed by atoms with E-state index in [9.17, 15) is 14.4 Å². The highest BCUT2D eigenvalue weighted by molar-refractivity contribution is 6.10. The summed E-state index contributed by atoms with van der Waals surface area (Å²) in [5, 5.41) is 0. The molecular weight excluding hydrogens is 390 g/mol. The van der Waals surface area contributed by atoms with E-state index in [-0.39, 0.29) is 30.7 Å². The molecule has 4 rings (SSSR count). The zero-order chi connectivity index (χ0) is 22.3. The van der Waals surface area contributed by atoms with Crippen molar-refractivity contribution in [1.82, 2.24) is 4.90 Å². The fourth-order valence-corrected chi connectivity index (χ4v) is 4.65. The molecule has 6 nitrogen and oxygen atoms in total. The molecule has 0 spiro atoms. The fourth-order valence-electron chi connectivity index (χ4n) is 4.65. The third-order valence-corrected chi connectivity index (χ3v) is 6.59. The predicted molar refractivity (Wildman–Crippen MR) is 121 cm³/mol. The zero-order valence-corrected chi connectivity index (χ0v) is 18.6. The Hall–Kier alpha value is -3.15. The van der Waals surface area contributed by atoms with Crippen LogP contribution in [0.25, 0.3) is 0 Å². The van der Waals surface area contributed by atoms with Gasteiger partial charge in [-0.3, -0.25) is 19.3 Å². The third kappa shape index (κ3) is 3.50. The van der Waals surface area contributed by atoms with Crippen LogP contribution in [0.15, 0.2) is 48.5 Å². The molecule has 1 atom stereocenters. The van der Waals surface area contributed by atoms with E-state index in [2.05, 4.69) is 19.9 Å². The summed E-state index contributed by atoms with van der Waals surface area (Å²) in [7, 11) is 1.77. The molecule has 2 heterocycles. The van der Waals surface area contributed by atoms with Crippen LogP contribution in [-0.4, -0.2) is 41.9 Å². The van der Waals surface area contributed by atoms with Gasteiger partial charge in [-0.05, 0) is 49.1 Å². The Morgan fingerprint density at radius 3 is 2.61 bits per heavy atom. The summed E-state index contributed by atoms with van der Waals surface area (Å²) < 4.78 is 0. The van der Waals surface area contributed by atoms with E-state index < -0.39 is 5.66 Å². The Morgan fingerprint density at radius 1 is 1.13 bits per heavy atom. The van der Waals surface area contributed by atoms with Crippen molar-refractivity contribution >= 4 is 29.1 Å². The minimum atomic E-state index is -0.737. The molecule has 1 unspecified atom stereocenters. The van der Waals surface area contributed by atoms with Crippen molar-refractivity contribution in [2.45, 2.75) is 51.6 Å². The molecule has 6 heteroatoms. The van der Waals surface area contributed by atoms with Crippen LogP contribution < -0.4 is 9.80 Å². The first-order chi connectivity index (χ1) is 14.7. The Morgan fingerprint density at radius 2 is 1.87 bits per heavy atom. The number of benzene rings is 2. The Bertz CT molecular complexity index is 1050. The number of anilines is 2. The number of hydrogen-bond donors (Lipinski definition) is 0. The second kappa shape index (κ2) is 7.84. The van der Waals surface area contributed by atoms with E-state index >= 15 is 0 Å². The largest absolute Gasteiger partial charge is 0.315 e. The lowest BCUT2D eigenvalue weighted by molar-refractivity contribution is -0.118. The maximum atomic E-state index is 13.3. The molecule has 1 saturated heterocycles. The van der Waals surface area contributed by atoms with Crippen LogP contribution >= 0.6 is 0 Å². The first-order valence-corrected chi connectivity index (χ1v) is 10.8. The molecule has 162 valence electrons. The third-order valence-electron chi connectivity index (χ3n) is 6.59. The van der Waals surface area contributed by atoms with E-state index in [0.29, 0.717) is 30.0 Å². The van der Waals surface area contributed by atoms with Crippen molar-refractivity contribution < 1.29 is 14.4 Å². The lowest BCUT2D eigenvalue weighted by Gasteiger charge is -2.48. The predicted octanol–water partition coefficient (Wildman–Crippen LogP) is 4.16. The highest BCUT2D eigenvalue weighted by Crippen LogP contribution is 2.44. The van der Waals surface area contributed by atoms with E-state index in [1.54, 1.807) is 33.9 Å². The SMILES string of the molecule is CC(C)c1cccc(N(C)C(=O)CCN2C(=O)c3ccccc3N3C(=O)CCC23C)c1. The highest BCUT2D eigenvalue weighted by Gasteiger charge is 2.52. The molecule has 2 aliphatic rings. The number of carbonyl (C=O) groups excluding carboxylic acids is 3. The molecule has 1 fully saturated rings. The normalized spacial score (nSPS) is 20.2. The van der Waals surface area contributed by atoms with Gasteiger partial charge in [0.15, 0.2) is 0 Å². The van der Waals surface area contributed by atoms with Gasteiger partial charge in [0, 0.05) is 32.1 Å². The maximum absolute atomic E-state index is 13.3. The van der Waals surface area contributed by atoms with Crippen LogP contribution in [0.2, 0.25) is 0 Å². The molecule has 31 heavy (non-hydrogen) atoms. The summed E-state index contributed by atoms with van der Waals surface area (Å²) in [6.45, 7) is 6.43. The number of rotatable bonds is 5. The van der Waals surface area contributed by atoms with Gasteiger partial charge in [0.1, 0.15) is 5.66 Å². The number of amides is 3. The van der Waals surface area contributed by atoms with Gasteiger partial charge in [-0.15, -0.1) is 0 Å². The number of para-hydroxylation sites is 1. The molecule has 2 aliphatic heterocycles. The van der Waals surface area contributed by atoms with Crippen LogP contribution in [0.1, 0.15) is 61.9 Å². The van der Waals surface area contributed by atoms with Gasteiger partial charge in [-0.25, -0.2) is 0 Å². The van der Waals surface area contributed by atoms with Gasteiger partial charge in [-0.2, -0.15) is 0 Å². The summed E-state index contributed by atoms with van der Waals surface area (Å²) in [6, 6.07) is 15.2. The second-order valence-electron chi connectivity index (χ2n) is 8.87. The van der Waals surface area contributed by atoms with E-state index in [1.807, 2.05) is 37.3 Å². The van der Waals surface area contributed by atoms with Crippen LogP contribution in [-0.2, 0) is 9.59 Å². The summed E-state index contributed by atoms with van der Waals surface area (Å²) in [4.78, 5) is 44.0. The van der Waals surface area contributed by atoms with E-state index in [4.69, 9.17) is 0 Å². The molecule has 0 aromatic heterocycles. The van der Waals surface area contributed by atoms with Crippen LogP contribution in [0.4, 0.5) is 11.4 Å². The molecule has 2 aromatic rings.